The van der Waals surface area contributed by atoms with E-state index in [1.807, 2.05) is 0 Å². The molecule has 33 heavy (non-hydrogen) atoms. The van der Waals surface area contributed by atoms with E-state index in [1.165, 1.54) is 27.6 Å². The van der Waals surface area contributed by atoms with Crippen LogP contribution < -0.4 is 10.6 Å². The van der Waals surface area contributed by atoms with Gasteiger partial charge in [-0.05, 0) is 48.9 Å². The molecule has 0 radical (unpaired) electrons. The summed E-state index contributed by atoms with van der Waals surface area (Å²) in [5.41, 5.74) is 4.89. The number of hydrogen-bond donors (Lipinski definition) is 3. The molecule has 2 heterocycles. The average Bonchev–Trinajstić information content (AvgIpc) is 3.25. The van der Waals surface area contributed by atoms with Gasteiger partial charge in [-0.25, -0.2) is 4.99 Å². The minimum absolute atomic E-state index is 0. The topological polar surface area (TPSA) is 70.7 Å². The van der Waals surface area contributed by atoms with Crippen molar-refractivity contribution in [3.8, 4) is 0 Å². The van der Waals surface area contributed by atoms with Crippen molar-refractivity contribution in [1.29, 1.82) is 0 Å². The first-order valence-corrected chi connectivity index (χ1v) is 11.7. The van der Waals surface area contributed by atoms with Gasteiger partial charge in [0.2, 0.25) is 0 Å². The van der Waals surface area contributed by atoms with Crippen molar-refractivity contribution < 1.29 is 9.47 Å². The summed E-state index contributed by atoms with van der Waals surface area (Å²) in [5, 5.41) is 8.10. The normalized spacial score (nSPS) is 14.8. The highest BCUT2D eigenvalue weighted by molar-refractivity contribution is 14.0. The lowest BCUT2D eigenvalue weighted by Crippen LogP contribution is -2.38. The monoisotopic (exact) mass is 562 g/mol. The molecule has 0 bridgehead atoms. The van der Waals surface area contributed by atoms with Crippen molar-refractivity contribution in [3.05, 3.63) is 71.4 Å². The second-order valence-corrected chi connectivity index (χ2v) is 8.17. The molecule has 1 aliphatic rings. The fourth-order valence-corrected chi connectivity index (χ4v) is 4.04. The Balaban J connectivity index is 0.00000306. The maximum atomic E-state index is 6.06. The third-order valence-corrected chi connectivity index (χ3v) is 5.77. The van der Waals surface area contributed by atoms with E-state index >= 15 is 0 Å². The fraction of sp³-hybridized carbons (Fsp3) is 0.423. The highest BCUT2D eigenvalue weighted by Gasteiger charge is 2.14. The number of para-hydroxylation sites is 1. The lowest BCUT2D eigenvalue weighted by Gasteiger charge is -2.22. The van der Waals surface area contributed by atoms with Crippen LogP contribution in [0.25, 0.3) is 10.9 Å². The number of nitrogens with zero attached hydrogens (tertiary/aromatic N) is 1. The van der Waals surface area contributed by atoms with Crippen LogP contribution in [0.15, 0.2) is 59.7 Å². The molecule has 1 aliphatic heterocycles. The Morgan fingerprint density at radius 3 is 2.76 bits per heavy atom. The van der Waals surface area contributed by atoms with Gasteiger partial charge in [-0.1, -0.05) is 42.5 Å². The van der Waals surface area contributed by atoms with Crippen LogP contribution >= 0.6 is 24.0 Å². The quantitative estimate of drug-likeness (QED) is 0.200. The molecule has 3 aromatic rings. The number of aromatic amines is 1. The number of hydrogen-bond acceptors (Lipinski definition) is 3. The molecule has 178 valence electrons. The van der Waals surface area contributed by atoms with Gasteiger partial charge >= 0.3 is 0 Å². The molecule has 4 rings (SSSR count). The number of guanidine groups is 1. The number of halogens is 1. The second-order valence-electron chi connectivity index (χ2n) is 8.17. The zero-order valence-corrected chi connectivity index (χ0v) is 21.6. The predicted octanol–water partition coefficient (Wildman–Crippen LogP) is 4.78. The van der Waals surface area contributed by atoms with Crippen molar-refractivity contribution in [3.63, 3.8) is 0 Å². The average molecular weight is 562 g/mol. The first kappa shape index (κ1) is 25.5. The molecule has 1 fully saturated rings. The van der Waals surface area contributed by atoms with E-state index in [1.54, 1.807) is 0 Å². The summed E-state index contributed by atoms with van der Waals surface area (Å²) in [6, 6.07) is 16.9. The molecule has 0 saturated carbocycles. The summed E-state index contributed by atoms with van der Waals surface area (Å²) < 4.78 is 11.5. The fourth-order valence-electron chi connectivity index (χ4n) is 4.04. The molecule has 3 N–H and O–H groups in total. The van der Waals surface area contributed by atoms with Gasteiger partial charge in [-0.15, -0.1) is 24.0 Å². The first-order chi connectivity index (χ1) is 15.8. The highest BCUT2D eigenvalue weighted by atomic mass is 127. The summed E-state index contributed by atoms with van der Waals surface area (Å²) in [4.78, 5) is 8.13. The Hall–Kier alpha value is -2.10. The maximum Gasteiger partial charge on any atom is 0.191 e. The molecular weight excluding hydrogens is 527 g/mol. The van der Waals surface area contributed by atoms with Crippen LogP contribution in [0.3, 0.4) is 0 Å². The zero-order valence-electron chi connectivity index (χ0n) is 19.3. The molecule has 0 atom stereocenters. The van der Waals surface area contributed by atoms with Crippen LogP contribution in [-0.2, 0) is 29.0 Å². The van der Waals surface area contributed by atoms with Gasteiger partial charge < -0.3 is 25.1 Å². The summed E-state index contributed by atoms with van der Waals surface area (Å²) in [6.07, 6.45) is 5.32. The van der Waals surface area contributed by atoms with E-state index in [0.717, 1.165) is 51.5 Å². The molecule has 0 aliphatic carbocycles. The highest BCUT2D eigenvalue weighted by Crippen LogP contribution is 2.18. The van der Waals surface area contributed by atoms with Gasteiger partial charge in [0.1, 0.15) is 0 Å². The molecule has 0 amide bonds. The maximum absolute atomic E-state index is 6.06. The van der Waals surface area contributed by atoms with Gasteiger partial charge in [0, 0.05) is 43.4 Å². The van der Waals surface area contributed by atoms with Crippen LogP contribution in [0.2, 0.25) is 0 Å². The van der Waals surface area contributed by atoms with Crippen LogP contribution in [0.5, 0.6) is 0 Å². The SMILES string of the molecule is CCNC(=NCc1cccc(COC2CCOCC2)c1)NCCc1c[nH]c2ccccc12.I. The molecular formula is C26H35IN4O2. The largest absolute Gasteiger partial charge is 0.381 e. The third-order valence-electron chi connectivity index (χ3n) is 5.77. The van der Waals surface area contributed by atoms with Crippen LogP contribution in [0, 0.1) is 0 Å². The van der Waals surface area contributed by atoms with Crippen molar-refractivity contribution in [2.45, 2.75) is 45.4 Å². The molecule has 0 unspecified atom stereocenters. The smallest absolute Gasteiger partial charge is 0.191 e. The van der Waals surface area contributed by atoms with Gasteiger partial charge in [-0.3, -0.25) is 0 Å². The number of aromatic nitrogens is 1. The number of nitrogens with one attached hydrogen (secondary N) is 3. The van der Waals surface area contributed by atoms with E-state index < -0.39 is 0 Å². The molecule has 7 heteroatoms. The number of ether oxygens (including phenoxy) is 2. The number of benzene rings is 2. The Morgan fingerprint density at radius 1 is 1.09 bits per heavy atom. The summed E-state index contributed by atoms with van der Waals surface area (Å²) in [6.45, 7) is 6.63. The van der Waals surface area contributed by atoms with Gasteiger partial charge in [0.05, 0.1) is 19.3 Å². The number of aliphatic imine (C=N–C) groups is 1. The van der Waals surface area contributed by atoms with Crippen LogP contribution in [0.4, 0.5) is 0 Å². The summed E-state index contributed by atoms with van der Waals surface area (Å²) in [7, 11) is 0. The minimum atomic E-state index is 0. The Kier molecular flexibility index (Phi) is 10.5. The van der Waals surface area contributed by atoms with Gasteiger partial charge in [0.25, 0.3) is 0 Å². The zero-order chi connectivity index (χ0) is 22.0. The van der Waals surface area contributed by atoms with Crippen molar-refractivity contribution in [1.82, 2.24) is 15.6 Å². The van der Waals surface area contributed by atoms with E-state index in [2.05, 4.69) is 77.3 Å². The van der Waals surface area contributed by atoms with E-state index in [9.17, 15) is 0 Å². The predicted molar refractivity (Wildman–Crippen MR) is 145 cm³/mol. The number of H-pyrrole nitrogens is 1. The molecule has 2 aromatic carbocycles. The van der Waals surface area contributed by atoms with E-state index in [0.29, 0.717) is 19.3 Å². The molecule has 6 nitrogen and oxygen atoms in total. The Labute approximate surface area is 213 Å². The number of fused-ring (bicyclic) bond motifs is 1. The lowest BCUT2D eigenvalue weighted by atomic mass is 10.1. The van der Waals surface area contributed by atoms with Crippen molar-refractivity contribution >= 4 is 40.8 Å². The van der Waals surface area contributed by atoms with Gasteiger partial charge in [-0.2, -0.15) is 0 Å². The minimum Gasteiger partial charge on any atom is -0.381 e. The van der Waals surface area contributed by atoms with Crippen molar-refractivity contribution in [2.75, 3.05) is 26.3 Å². The third kappa shape index (κ3) is 7.72. The van der Waals surface area contributed by atoms with Crippen LogP contribution in [-0.4, -0.2) is 43.4 Å². The lowest BCUT2D eigenvalue weighted by molar-refractivity contribution is -0.0390. The van der Waals surface area contributed by atoms with Gasteiger partial charge in [0.15, 0.2) is 5.96 Å². The number of rotatable bonds is 9. The first-order valence-electron chi connectivity index (χ1n) is 11.7. The Morgan fingerprint density at radius 2 is 1.91 bits per heavy atom. The standard InChI is InChI=1S/C26H34N4O2.HI/c1-2-27-26(28-13-10-22-18-29-25-9-4-3-8-24(22)25)30-17-20-6-5-7-21(16-20)19-32-23-11-14-31-15-12-23;/h3-9,16,18,23,29H,2,10-15,17,19H2,1H3,(H2,27,28,30);1H. The molecule has 1 saturated heterocycles. The second kappa shape index (κ2) is 13.6. The van der Waals surface area contributed by atoms with E-state index in [-0.39, 0.29) is 24.0 Å². The summed E-state index contributed by atoms with van der Waals surface area (Å²) in [5.74, 6) is 0.844. The molecule has 0 spiro atoms. The van der Waals surface area contributed by atoms with Crippen LogP contribution in [0.1, 0.15) is 36.5 Å². The Bertz CT molecular complexity index is 1010. The molecule has 1 aromatic heterocycles. The van der Waals surface area contributed by atoms with E-state index in [4.69, 9.17) is 14.5 Å². The summed E-state index contributed by atoms with van der Waals surface area (Å²) >= 11 is 0. The van der Waals surface area contributed by atoms with Crippen molar-refractivity contribution in [2.24, 2.45) is 4.99 Å².